The minimum atomic E-state index is -1.07. The Kier molecular flexibility index (Phi) is 3.70. The minimum Gasteiger partial charge on any atom is -0.550 e. The summed E-state index contributed by atoms with van der Waals surface area (Å²) in [6.45, 7) is 2.08. The second-order valence-corrected chi connectivity index (χ2v) is 6.24. The van der Waals surface area contributed by atoms with Gasteiger partial charge in [-0.2, -0.15) is 0 Å². The van der Waals surface area contributed by atoms with Crippen LogP contribution in [0.5, 0.6) is 0 Å². The highest BCUT2D eigenvalue weighted by Crippen LogP contribution is 2.52. The average Bonchev–Trinajstić information content (AvgIpc) is 3.08. The van der Waals surface area contributed by atoms with Gasteiger partial charge in [0.1, 0.15) is 0 Å². The molecule has 3 rings (SSSR count). The quantitative estimate of drug-likeness (QED) is 0.914. The van der Waals surface area contributed by atoms with Crippen molar-refractivity contribution in [2.45, 2.75) is 32.6 Å². The summed E-state index contributed by atoms with van der Waals surface area (Å²) in [6.07, 6.45) is 3.68. The van der Waals surface area contributed by atoms with Crippen LogP contribution in [0, 0.1) is 23.7 Å². The van der Waals surface area contributed by atoms with Crippen LogP contribution in [0.2, 0.25) is 0 Å². The number of rotatable bonds is 4. The van der Waals surface area contributed by atoms with Gasteiger partial charge >= 0.3 is 0 Å². The van der Waals surface area contributed by atoms with Gasteiger partial charge in [-0.05, 0) is 55.2 Å². The number of hydrogen-bond acceptors (Lipinski definition) is 3. The third-order valence-electron chi connectivity index (χ3n) is 5.12. The van der Waals surface area contributed by atoms with E-state index in [1.807, 2.05) is 24.3 Å². The number of fused-ring (bicyclic) bond motifs is 2. The van der Waals surface area contributed by atoms with Gasteiger partial charge in [-0.25, -0.2) is 0 Å². The number of benzene rings is 1. The molecule has 1 aromatic rings. The van der Waals surface area contributed by atoms with Gasteiger partial charge in [0.25, 0.3) is 0 Å². The topological polar surface area (TPSA) is 69.2 Å². The van der Waals surface area contributed by atoms with Crippen LogP contribution in [0.3, 0.4) is 0 Å². The Bertz CT molecular complexity index is 552. The van der Waals surface area contributed by atoms with Crippen molar-refractivity contribution in [1.82, 2.24) is 0 Å². The Morgan fingerprint density at radius 2 is 1.76 bits per heavy atom. The van der Waals surface area contributed by atoms with Crippen LogP contribution in [0.15, 0.2) is 24.3 Å². The predicted molar refractivity (Wildman–Crippen MR) is 77.3 cm³/mol. The summed E-state index contributed by atoms with van der Waals surface area (Å²) in [7, 11) is 0. The summed E-state index contributed by atoms with van der Waals surface area (Å²) in [5.74, 6) is -1.95. The molecule has 0 saturated heterocycles. The van der Waals surface area contributed by atoms with Gasteiger partial charge in [-0.15, -0.1) is 0 Å². The molecule has 4 nitrogen and oxygen atoms in total. The molecule has 21 heavy (non-hydrogen) atoms. The van der Waals surface area contributed by atoms with Gasteiger partial charge in [-0.1, -0.05) is 19.1 Å². The van der Waals surface area contributed by atoms with Crippen molar-refractivity contribution in [2.75, 3.05) is 5.32 Å². The standard InChI is InChI=1S/C17H21NO3/c1-2-10-3-7-13(8-4-10)18-16(19)14-11-5-6-12(9-11)15(14)17(20)21/h3-4,7-8,11-12,14-15H,2,5-6,9H2,1H3,(H,18,19)(H,20,21)/p-1/t11-,12+,14-,15+/m1/s1. The molecular weight excluding hydrogens is 266 g/mol. The molecule has 0 spiro atoms. The molecule has 4 atom stereocenters. The summed E-state index contributed by atoms with van der Waals surface area (Å²) in [5.41, 5.74) is 1.94. The fourth-order valence-corrected chi connectivity index (χ4v) is 4.06. The Hall–Kier alpha value is -1.84. The van der Waals surface area contributed by atoms with Gasteiger partial charge in [0, 0.05) is 23.5 Å². The Morgan fingerprint density at radius 3 is 2.33 bits per heavy atom. The van der Waals surface area contributed by atoms with Gasteiger partial charge in [0.05, 0.1) is 0 Å². The highest BCUT2D eigenvalue weighted by Gasteiger charge is 2.51. The maximum atomic E-state index is 12.5. The molecule has 2 aliphatic carbocycles. The molecule has 112 valence electrons. The number of carbonyl (C=O) groups excluding carboxylic acids is 2. The van der Waals surface area contributed by atoms with Crippen molar-refractivity contribution in [1.29, 1.82) is 0 Å². The minimum absolute atomic E-state index is 0.123. The van der Waals surface area contributed by atoms with Crippen molar-refractivity contribution >= 4 is 17.6 Å². The molecule has 0 aliphatic heterocycles. The lowest BCUT2D eigenvalue weighted by Crippen LogP contribution is -2.43. The summed E-state index contributed by atoms with van der Waals surface area (Å²) >= 11 is 0. The van der Waals surface area contributed by atoms with Crippen molar-refractivity contribution in [2.24, 2.45) is 23.7 Å². The number of amides is 1. The van der Waals surface area contributed by atoms with E-state index >= 15 is 0 Å². The summed E-state index contributed by atoms with van der Waals surface area (Å²) < 4.78 is 0. The summed E-state index contributed by atoms with van der Waals surface area (Å²) in [4.78, 5) is 23.8. The monoisotopic (exact) mass is 286 g/mol. The van der Waals surface area contributed by atoms with Gasteiger partial charge in [0.2, 0.25) is 5.91 Å². The second kappa shape index (κ2) is 5.51. The molecule has 2 bridgehead atoms. The molecule has 2 aliphatic rings. The van der Waals surface area contributed by atoms with E-state index in [1.165, 1.54) is 5.56 Å². The third kappa shape index (κ3) is 2.55. The molecule has 4 heteroatoms. The van der Waals surface area contributed by atoms with Gasteiger partial charge in [0.15, 0.2) is 0 Å². The summed E-state index contributed by atoms with van der Waals surface area (Å²) in [6, 6.07) is 7.70. The SMILES string of the molecule is CCc1ccc(NC(=O)[C@@H]2[C@@H]3CC[C@@H](C3)[C@@H]2C(=O)[O-])cc1. The first-order valence-corrected chi connectivity index (χ1v) is 7.70. The smallest absolute Gasteiger partial charge is 0.228 e. The molecule has 1 aromatic carbocycles. The first-order valence-electron chi connectivity index (χ1n) is 7.70. The van der Waals surface area contributed by atoms with Crippen LogP contribution in [-0.4, -0.2) is 11.9 Å². The summed E-state index contributed by atoms with van der Waals surface area (Å²) in [5, 5.41) is 14.2. The molecule has 2 fully saturated rings. The number of carbonyl (C=O) groups is 2. The second-order valence-electron chi connectivity index (χ2n) is 6.24. The van der Waals surface area contributed by atoms with Crippen LogP contribution in [0.1, 0.15) is 31.7 Å². The lowest BCUT2D eigenvalue weighted by molar-refractivity contribution is -0.314. The zero-order valence-electron chi connectivity index (χ0n) is 12.2. The molecule has 1 amide bonds. The van der Waals surface area contributed by atoms with Crippen molar-refractivity contribution < 1.29 is 14.7 Å². The first kappa shape index (κ1) is 14.1. The van der Waals surface area contributed by atoms with Gasteiger partial charge in [-0.3, -0.25) is 4.79 Å². The third-order valence-corrected chi connectivity index (χ3v) is 5.12. The number of aliphatic carboxylic acids is 1. The van der Waals surface area contributed by atoms with Crippen LogP contribution in [0.25, 0.3) is 0 Å². The van der Waals surface area contributed by atoms with Crippen LogP contribution < -0.4 is 10.4 Å². The highest BCUT2D eigenvalue weighted by atomic mass is 16.4. The van der Waals surface area contributed by atoms with Crippen LogP contribution >= 0.6 is 0 Å². The zero-order chi connectivity index (χ0) is 15.0. The van der Waals surface area contributed by atoms with E-state index < -0.39 is 17.8 Å². The normalized spacial score (nSPS) is 30.3. The molecular formula is C17H20NO3-. The average molecular weight is 286 g/mol. The Labute approximate surface area is 124 Å². The van der Waals surface area contributed by atoms with E-state index in [0.29, 0.717) is 0 Å². The number of aryl methyl sites for hydroxylation is 1. The van der Waals surface area contributed by atoms with E-state index in [0.717, 1.165) is 31.4 Å². The molecule has 0 aromatic heterocycles. The van der Waals surface area contributed by atoms with E-state index in [4.69, 9.17) is 0 Å². The lowest BCUT2D eigenvalue weighted by atomic mass is 9.78. The Balaban J connectivity index is 1.73. The van der Waals surface area contributed by atoms with E-state index in [9.17, 15) is 14.7 Å². The molecule has 0 heterocycles. The van der Waals surface area contributed by atoms with E-state index in [-0.39, 0.29) is 17.7 Å². The Morgan fingerprint density at radius 1 is 1.14 bits per heavy atom. The highest BCUT2D eigenvalue weighted by molar-refractivity contribution is 5.95. The lowest BCUT2D eigenvalue weighted by Gasteiger charge is -2.30. The van der Waals surface area contributed by atoms with Crippen LogP contribution in [-0.2, 0) is 16.0 Å². The van der Waals surface area contributed by atoms with E-state index in [2.05, 4.69) is 12.2 Å². The van der Waals surface area contributed by atoms with Crippen LogP contribution in [0.4, 0.5) is 5.69 Å². The molecule has 0 unspecified atom stereocenters. The molecule has 0 radical (unpaired) electrons. The predicted octanol–water partition coefficient (Wildman–Crippen LogP) is 1.60. The zero-order valence-corrected chi connectivity index (χ0v) is 12.2. The molecule has 2 saturated carbocycles. The van der Waals surface area contributed by atoms with Crippen molar-refractivity contribution in [3.63, 3.8) is 0 Å². The van der Waals surface area contributed by atoms with Gasteiger partial charge < -0.3 is 15.2 Å². The molecule has 1 N–H and O–H groups in total. The number of carboxylic acid groups (broad SMARTS) is 1. The fourth-order valence-electron chi connectivity index (χ4n) is 4.06. The number of hydrogen-bond donors (Lipinski definition) is 1. The first-order chi connectivity index (χ1) is 10.1. The maximum absolute atomic E-state index is 12.5. The fraction of sp³-hybridized carbons (Fsp3) is 0.529. The van der Waals surface area contributed by atoms with Crippen molar-refractivity contribution in [3.8, 4) is 0 Å². The number of nitrogens with one attached hydrogen (secondary N) is 1. The largest absolute Gasteiger partial charge is 0.550 e. The maximum Gasteiger partial charge on any atom is 0.228 e. The van der Waals surface area contributed by atoms with E-state index in [1.54, 1.807) is 0 Å². The number of anilines is 1. The number of carboxylic acids is 1. The van der Waals surface area contributed by atoms with Crippen molar-refractivity contribution in [3.05, 3.63) is 29.8 Å².